The Bertz CT molecular complexity index is 846. The molecule has 0 spiro atoms. The van der Waals surface area contributed by atoms with Crippen molar-refractivity contribution in [1.29, 1.82) is 0 Å². The minimum atomic E-state index is -0.124. The lowest BCUT2D eigenvalue weighted by Crippen LogP contribution is -2.28. The molecule has 0 N–H and O–H groups in total. The fourth-order valence-electron chi connectivity index (χ4n) is 3.73. The molecule has 0 saturated carbocycles. The third-order valence-electron chi connectivity index (χ3n) is 5.33. The Morgan fingerprint density at radius 2 is 1.04 bits per heavy atom. The number of hydrogen-bond acceptors (Lipinski definition) is 1. The maximum Gasteiger partial charge on any atom is 0.0160 e. The van der Waals surface area contributed by atoms with Crippen molar-refractivity contribution in [3.05, 3.63) is 101 Å². The van der Waals surface area contributed by atoms with E-state index < -0.39 is 0 Å². The highest BCUT2D eigenvalue weighted by Gasteiger charge is 2.34. The van der Waals surface area contributed by atoms with E-state index in [1.165, 1.54) is 22.3 Å². The fourth-order valence-corrected chi connectivity index (χ4v) is 4.21. The molecule has 3 rings (SSSR count). The van der Waals surface area contributed by atoms with Gasteiger partial charge in [0.1, 0.15) is 0 Å². The second kappa shape index (κ2) is 6.72. The highest BCUT2D eigenvalue weighted by Crippen LogP contribution is 2.43. The molecular weight excluding hydrogens is 320 g/mol. The quantitative estimate of drug-likeness (QED) is 0.504. The predicted octanol–water partition coefficient (Wildman–Crippen LogP) is 6.63. The Labute approximate surface area is 157 Å². The van der Waals surface area contributed by atoms with Gasteiger partial charge in [-0.25, -0.2) is 0 Å². The molecule has 1 heteroatoms. The molecule has 0 aliphatic rings. The third-order valence-corrected chi connectivity index (χ3v) is 5.70. The van der Waals surface area contributed by atoms with Gasteiger partial charge < -0.3 is 0 Å². The Morgan fingerprint density at radius 1 is 0.560 bits per heavy atom. The van der Waals surface area contributed by atoms with Crippen LogP contribution in [0, 0.1) is 0 Å². The third kappa shape index (κ3) is 3.26. The summed E-state index contributed by atoms with van der Waals surface area (Å²) < 4.78 is 0. The first-order valence-electron chi connectivity index (χ1n) is 8.79. The van der Waals surface area contributed by atoms with Crippen LogP contribution in [-0.4, -0.2) is 0 Å². The predicted molar refractivity (Wildman–Crippen MR) is 111 cm³/mol. The summed E-state index contributed by atoms with van der Waals surface area (Å²) in [7, 11) is 0. The Balaban J connectivity index is 2.23. The van der Waals surface area contributed by atoms with Crippen LogP contribution in [0.15, 0.2) is 83.8 Å². The minimum absolute atomic E-state index is 0.0958. The van der Waals surface area contributed by atoms with Gasteiger partial charge in [-0.2, -0.15) is 0 Å². The van der Waals surface area contributed by atoms with E-state index in [2.05, 4.69) is 107 Å². The van der Waals surface area contributed by atoms with Crippen LogP contribution in [0.25, 0.3) is 0 Å². The van der Waals surface area contributed by atoms with Crippen molar-refractivity contribution in [3.8, 4) is 0 Å². The molecule has 25 heavy (non-hydrogen) atoms. The first-order chi connectivity index (χ1) is 11.8. The molecule has 0 heterocycles. The summed E-state index contributed by atoms with van der Waals surface area (Å²) >= 11 is 4.86. The molecule has 0 radical (unpaired) electrons. The molecule has 0 amide bonds. The van der Waals surface area contributed by atoms with Gasteiger partial charge in [-0.3, -0.25) is 0 Å². The van der Waals surface area contributed by atoms with Gasteiger partial charge in [0.15, 0.2) is 0 Å². The monoisotopic (exact) mass is 346 g/mol. The lowest BCUT2D eigenvalue weighted by atomic mass is 9.68. The average Bonchev–Trinajstić information content (AvgIpc) is 2.63. The maximum atomic E-state index is 4.86. The minimum Gasteiger partial charge on any atom is -0.143 e. The lowest BCUT2D eigenvalue weighted by molar-refractivity contribution is 0.568. The summed E-state index contributed by atoms with van der Waals surface area (Å²) in [5, 5.41) is 0. The van der Waals surface area contributed by atoms with Crippen molar-refractivity contribution in [3.63, 3.8) is 0 Å². The molecule has 128 valence electrons. The van der Waals surface area contributed by atoms with E-state index in [1.807, 2.05) is 0 Å². The van der Waals surface area contributed by atoms with E-state index in [0.29, 0.717) is 0 Å². The molecule has 0 aromatic heterocycles. The molecule has 3 aromatic carbocycles. The van der Waals surface area contributed by atoms with Crippen LogP contribution in [0.5, 0.6) is 0 Å². The van der Waals surface area contributed by atoms with Gasteiger partial charge >= 0.3 is 0 Å². The number of hydrogen-bond donors (Lipinski definition) is 1. The zero-order valence-electron chi connectivity index (χ0n) is 15.5. The highest BCUT2D eigenvalue weighted by molar-refractivity contribution is 7.80. The van der Waals surface area contributed by atoms with Crippen LogP contribution in [-0.2, 0) is 10.8 Å². The number of benzene rings is 3. The van der Waals surface area contributed by atoms with Crippen LogP contribution in [0.2, 0.25) is 0 Å². The summed E-state index contributed by atoms with van der Waals surface area (Å²) in [6.07, 6.45) is 0. The molecule has 0 unspecified atom stereocenters. The van der Waals surface area contributed by atoms with Crippen molar-refractivity contribution in [2.24, 2.45) is 0 Å². The fraction of sp³-hybridized carbons (Fsp3) is 0.250. The van der Waals surface area contributed by atoms with Gasteiger partial charge in [0.2, 0.25) is 0 Å². The second-order valence-electron chi connectivity index (χ2n) is 7.68. The van der Waals surface area contributed by atoms with Crippen LogP contribution >= 0.6 is 12.6 Å². The van der Waals surface area contributed by atoms with E-state index in [0.717, 1.165) is 4.90 Å². The summed E-state index contributed by atoms with van der Waals surface area (Å²) in [6, 6.07) is 27.9. The van der Waals surface area contributed by atoms with Gasteiger partial charge in [0, 0.05) is 15.7 Å². The number of rotatable bonds is 4. The van der Waals surface area contributed by atoms with E-state index in [9.17, 15) is 0 Å². The zero-order chi connectivity index (χ0) is 18.1. The first-order valence-corrected chi connectivity index (χ1v) is 9.24. The van der Waals surface area contributed by atoms with Gasteiger partial charge in [-0.15, -0.1) is 12.6 Å². The van der Waals surface area contributed by atoms with Crippen LogP contribution in [0.1, 0.15) is 49.9 Å². The molecule has 0 saturated heterocycles. The van der Waals surface area contributed by atoms with Crippen molar-refractivity contribution in [1.82, 2.24) is 0 Å². The van der Waals surface area contributed by atoms with E-state index in [1.54, 1.807) is 0 Å². The average molecular weight is 347 g/mol. The van der Waals surface area contributed by atoms with Gasteiger partial charge in [0.25, 0.3) is 0 Å². The Morgan fingerprint density at radius 3 is 1.56 bits per heavy atom. The summed E-state index contributed by atoms with van der Waals surface area (Å²) in [5.41, 5.74) is 5.04. The molecule has 0 aliphatic heterocycles. The van der Waals surface area contributed by atoms with Crippen molar-refractivity contribution < 1.29 is 0 Å². The van der Waals surface area contributed by atoms with Gasteiger partial charge in [0.05, 0.1) is 0 Å². The molecule has 0 fully saturated rings. The van der Waals surface area contributed by atoms with Crippen LogP contribution < -0.4 is 0 Å². The van der Waals surface area contributed by atoms with E-state index in [4.69, 9.17) is 12.6 Å². The van der Waals surface area contributed by atoms with Crippen molar-refractivity contribution >= 4 is 12.6 Å². The molecule has 0 bridgehead atoms. The smallest absolute Gasteiger partial charge is 0.0160 e. The molecule has 0 aliphatic carbocycles. The highest BCUT2D eigenvalue weighted by atomic mass is 32.1. The molecule has 0 atom stereocenters. The number of thiol groups is 1. The topological polar surface area (TPSA) is 0 Å². The van der Waals surface area contributed by atoms with Crippen LogP contribution in [0.3, 0.4) is 0 Å². The summed E-state index contributed by atoms with van der Waals surface area (Å²) in [4.78, 5) is 1.05. The SMILES string of the molecule is CC(C)(c1ccccc1)c1cccc(S)c1C(C)(C)c1ccccc1. The van der Waals surface area contributed by atoms with Crippen LogP contribution in [0.4, 0.5) is 0 Å². The first kappa shape index (κ1) is 17.8. The standard InChI is InChI=1S/C24H26S/c1-23(2,18-12-7-5-8-13-18)20-16-11-17-21(25)22(20)24(3,4)19-14-9-6-10-15-19/h5-17,25H,1-4H3. The molecule has 0 nitrogen and oxygen atoms in total. The lowest BCUT2D eigenvalue weighted by Gasteiger charge is -2.36. The second-order valence-corrected chi connectivity index (χ2v) is 8.16. The van der Waals surface area contributed by atoms with Gasteiger partial charge in [-0.1, -0.05) is 100 Å². The summed E-state index contributed by atoms with van der Waals surface area (Å²) in [5.74, 6) is 0. The van der Waals surface area contributed by atoms with E-state index in [-0.39, 0.29) is 10.8 Å². The largest absolute Gasteiger partial charge is 0.143 e. The Kier molecular flexibility index (Phi) is 4.79. The normalized spacial score (nSPS) is 12.2. The summed E-state index contributed by atoms with van der Waals surface area (Å²) in [6.45, 7) is 9.19. The Hall–Kier alpha value is -1.99. The molecule has 3 aromatic rings. The maximum absolute atomic E-state index is 4.86. The van der Waals surface area contributed by atoms with E-state index >= 15 is 0 Å². The van der Waals surface area contributed by atoms with Crippen molar-refractivity contribution in [2.75, 3.05) is 0 Å². The van der Waals surface area contributed by atoms with Crippen molar-refractivity contribution in [2.45, 2.75) is 43.4 Å². The molecular formula is C24H26S. The van der Waals surface area contributed by atoms with Gasteiger partial charge in [-0.05, 0) is 28.3 Å². The zero-order valence-corrected chi connectivity index (χ0v) is 16.3.